The summed E-state index contributed by atoms with van der Waals surface area (Å²) in [7, 11) is 0. The molecule has 0 atom stereocenters. The van der Waals surface area contributed by atoms with Crippen LogP contribution in [0.1, 0.15) is 0 Å². The molecule has 2 heterocycles. The molecule has 0 saturated carbocycles. The van der Waals surface area contributed by atoms with Crippen LogP contribution in [0.25, 0.3) is 10.2 Å². The minimum atomic E-state index is -0.425. The maximum absolute atomic E-state index is 13.3. The Balaban J connectivity index is 1.80. The van der Waals surface area contributed by atoms with Crippen LogP contribution in [0.5, 0.6) is 5.75 Å². The third kappa shape index (κ3) is 2.36. The molecular formula is C15H10FN3O3S. The first-order valence-corrected chi connectivity index (χ1v) is 7.68. The molecule has 0 spiro atoms. The highest BCUT2D eigenvalue weighted by Crippen LogP contribution is 2.40. The summed E-state index contributed by atoms with van der Waals surface area (Å²) < 4.78 is 19.6. The van der Waals surface area contributed by atoms with E-state index in [1.54, 1.807) is 12.1 Å². The first kappa shape index (κ1) is 13.9. The number of hydrogen-bond donors (Lipinski definition) is 0. The smallest absolute Gasteiger partial charge is 0.270 e. The van der Waals surface area contributed by atoms with Gasteiger partial charge in [0.15, 0.2) is 5.13 Å². The van der Waals surface area contributed by atoms with Crippen molar-refractivity contribution in [2.45, 2.75) is 0 Å². The number of non-ortho nitro benzene ring substituents is 1. The number of thiazole rings is 1. The zero-order chi connectivity index (χ0) is 16.0. The van der Waals surface area contributed by atoms with Gasteiger partial charge < -0.3 is 9.64 Å². The van der Waals surface area contributed by atoms with E-state index in [9.17, 15) is 14.5 Å². The molecule has 0 fully saturated rings. The largest absolute Gasteiger partial charge is 0.489 e. The minimum Gasteiger partial charge on any atom is -0.489 e. The van der Waals surface area contributed by atoms with Gasteiger partial charge in [-0.3, -0.25) is 10.1 Å². The first-order chi connectivity index (χ1) is 11.1. The van der Waals surface area contributed by atoms with Gasteiger partial charge in [-0.1, -0.05) is 11.3 Å². The van der Waals surface area contributed by atoms with Crippen LogP contribution in [0.2, 0.25) is 0 Å². The normalized spacial score (nSPS) is 13.7. The van der Waals surface area contributed by atoms with Gasteiger partial charge in [0, 0.05) is 18.2 Å². The lowest BCUT2D eigenvalue weighted by molar-refractivity contribution is -0.384. The molecule has 2 aromatic carbocycles. The van der Waals surface area contributed by atoms with Crippen molar-refractivity contribution in [3.8, 4) is 5.75 Å². The van der Waals surface area contributed by atoms with Crippen molar-refractivity contribution in [2.75, 3.05) is 18.1 Å². The molecule has 4 rings (SSSR count). The first-order valence-electron chi connectivity index (χ1n) is 6.87. The Morgan fingerprint density at radius 3 is 3.00 bits per heavy atom. The van der Waals surface area contributed by atoms with Crippen molar-refractivity contribution in [2.24, 2.45) is 0 Å². The molecule has 1 aromatic heterocycles. The van der Waals surface area contributed by atoms with E-state index in [1.165, 1.54) is 35.6 Å². The van der Waals surface area contributed by atoms with Crippen molar-refractivity contribution in [3.05, 3.63) is 52.3 Å². The van der Waals surface area contributed by atoms with Gasteiger partial charge in [-0.05, 0) is 18.2 Å². The number of ether oxygens (including phenoxy) is 1. The molecule has 0 radical (unpaired) electrons. The van der Waals surface area contributed by atoms with Crippen LogP contribution in [0.4, 0.5) is 20.9 Å². The SMILES string of the molecule is O=[N+]([O-])c1ccc2nc(N3CCOc4cc(F)ccc43)sc2c1. The van der Waals surface area contributed by atoms with E-state index in [2.05, 4.69) is 4.98 Å². The lowest BCUT2D eigenvalue weighted by atomic mass is 10.2. The van der Waals surface area contributed by atoms with E-state index in [1.807, 2.05) is 4.90 Å². The molecule has 0 aliphatic carbocycles. The summed E-state index contributed by atoms with van der Waals surface area (Å²) in [6, 6.07) is 8.97. The molecule has 23 heavy (non-hydrogen) atoms. The fraction of sp³-hybridized carbons (Fsp3) is 0.133. The zero-order valence-electron chi connectivity index (χ0n) is 11.7. The van der Waals surface area contributed by atoms with Gasteiger partial charge >= 0.3 is 0 Å². The monoisotopic (exact) mass is 331 g/mol. The minimum absolute atomic E-state index is 0.0390. The lowest BCUT2D eigenvalue weighted by Crippen LogP contribution is -2.28. The fourth-order valence-electron chi connectivity index (χ4n) is 2.52. The fourth-order valence-corrected chi connectivity index (χ4v) is 3.56. The molecule has 6 nitrogen and oxygen atoms in total. The molecular weight excluding hydrogens is 321 g/mol. The number of fused-ring (bicyclic) bond motifs is 2. The molecule has 0 N–H and O–H groups in total. The summed E-state index contributed by atoms with van der Waals surface area (Å²) in [6.07, 6.45) is 0. The van der Waals surface area contributed by atoms with E-state index < -0.39 is 4.92 Å². The number of rotatable bonds is 2. The molecule has 0 amide bonds. The van der Waals surface area contributed by atoms with Crippen LogP contribution in [0, 0.1) is 15.9 Å². The summed E-state index contributed by atoms with van der Waals surface area (Å²) in [5.41, 5.74) is 1.48. The second-order valence-corrected chi connectivity index (χ2v) is 6.03. The van der Waals surface area contributed by atoms with Gasteiger partial charge in [-0.2, -0.15) is 0 Å². The molecule has 0 saturated heterocycles. The zero-order valence-corrected chi connectivity index (χ0v) is 12.5. The average Bonchev–Trinajstić information content (AvgIpc) is 2.96. The Morgan fingerprint density at radius 2 is 2.17 bits per heavy atom. The van der Waals surface area contributed by atoms with Crippen LogP contribution in [-0.4, -0.2) is 23.1 Å². The standard InChI is InChI=1S/C15H10FN3O3S/c16-9-1-4-12-13(7-9)22-6-5-18(12)15-17-11-3-2-10(19(20)21)8-14(11)23-15/h1-4,7-8H,5-6H2. The number of benzene rings is 2. The summed E-state index contributed by atoms with van der Waals surface area (Å²) in [5, 5.41) is 11.6. The molecule has 0 unspecified atom stereocenters. The third-order valence-corrected chi connectivity index (χ3v) is 4.63. The van der Waals surface area contributed by atoms with Gasteiger partial charge in [0.2, 0.25) is 0 Å². The Morgan fingerprint density at radius 1 is 1.30 bits per heavy atom. The predicted molar refractivity (Wildman–Crippen MR) is 85.2 cm³/mol. The molecule has 1 aliphatic rings. The van der Waals surface area contributed by atoms with E-state index in [4.69, 9.17) is 4.74 Å². The van der Waals surface area contributed by atoms with Crippen molar-refractivity contribution in [1.29, 1.82) is 0 Å². The number of nitro groups is 1. The van der Waals surface area contributed by atoms with Gasteiger partial charge in [-0.15, -0.1) is 0 Å². The second-order valence-electron chi connectivity index (χ2n) is 5.02. The third-order valence-electron chi connectivity index (χ3n) is 3.59. The Labute approximate surface area is 133 Å². The number of halogens is 1. The number of aromatic nitrogens is 1. The van der Waals surface area contributed by atoms with E-state index in [0.717, 1.165) is 10.4 Å². The molecule has 3 aromatic rings. The maximum atomic E-state index is 13.3. The second kappa shape index (κ2) is 5.17. The highest BCUT2D eigenvalue weighted by molar-refractivity contribution is 7.22. The van der Waals surface area contributed by atoms with Gasteiger partial charge in [0.1, 0.15) is 18.2 Å². The summed E-state index contributed by atoms with van der Waals surface area (Å²) in [4.78, 5) is 16.9. The van der Waals surface area contributed by atoms with Crippen molar-refractivity contribution >= 4 is 38.1 Å². The lowest BCUT2D eigenvalue weighted by Gasteiger charge is -2.29. The predicted octanol–water partition coefficient (Wildman–Crippen LogP) is 3.87. The van der Waals surface area contributed by atoms with Gasteiger partial charge in [0.05, 0.1) is 27.4 Å². The summed E-state index contributed by atoms with van der Waals surface area (Å²) in [5.74, 6) is 0.118. The average molecular weight is 331 g/mol. The molecule has 1 aliphatic heterocycles. The molecule has 116 valence electrons. The number of nitro benzene ring substituents is 1. The maximum Gasteiger partial charge on any atom is 0.270 e. The number of hydrogen-bond acceptors (Lipinski definition) is 6. The van der Waals surface area contributed by atoms with E-state index in [-0.39, 0.29) is 11.5 Å². The number of nitrogens with zero attached hydrogens (tertiary/aromatic N) is 3. The highest BCUT2D eigenvalue weighted by Gasteiger charge is 2.23. The van der Waals surface area contributed by atoms with Crippen LogP contribution >= 0.6 is 11.3 Å². The topological polar surface area (TPSA) is 68.5 Å². The highest BCUT2D eigenvalue weighted by atomic mass is 32.1. The van der Waals surface area contributed by atoms with Crippen molar-refractivity contribution in [3.63, 3.8) is 0 Å². The Hall–Kier alpha value is -2.74. The van der Waals surface area contributed by atoms with Crippen LogP contribution < -0.4 is 9.64 Å². The Kier molecular flexibility index (Phi) is 3.12. The quantitative estimate of drug-likeness (QED) is 0.526. The van der Waals surface area contributed by atoms with E-state index >= 15 is 0 Å². The van der Waals surface area contributed by atoms with Crippen LogP contribution in [0.15, 0.2) is 36.4 Å². The summed E-state index contributed by atoms with van der Waals surface area (Å²) in [6.45, 7) is 1.01. The number of anilines is 2. The Bertz CT molecular complexity index is 927. The van der Waals surface area contributed by atoms with Crippen LogP contribution in [-0.2, 0) is 0 Å². The molecule has 8 heteroatoms. The van der Waals surface area contributed by atoms with Gasteiger partial charge in [0.25, 0.3) is 5.69 Å². The van der Waals surface area contributed by atoms with Gasteiger partial charge in [-0.25, -0.2) is 9.37 Å². The summed E-state index contributed by atoms with van der Waals surface area (Å²) >= 11 is 1.36. The van der Waals surface area contributed by atoms with E-state index in [0.29, 0.717) is 29.5 Å². The van der Waals surface area contributed by atoms with Crippen molar-refractivity contribution < 1.29 is 14.1 Å². The van der Waals surface area contributed by atoms with Crippen molar-refractivity contribution in [1.82, 2.24) is 4.98 Å². The van der Waals surface area contributed by atoms with Crippen LogP contribution in [0.3, 0.4) is 0 Å². The molecule has 0 bridgehead atoms.